The largest absolute Gasteiger partial charge is 0.475 e. The van der Waals surface area contributed by atoms with Gasteiger partial charge in [0.2, 0.25) is 5.88 Å². The van der Waals surface area contributed by atoms with E-state index in [0.29, 0.717) is 11.8 Å². The molecule has 0 fully saturated rings. The van der Waals surface area contributed by atoms with E-state index < -0.39 is 0 Å². The highest BCUT2D eigenvalue weighted by atomic mass is 35.5. The average molecular weight is 230 g/mol. The lowest BCUT2D eigenvalue weighted by Crippen LogP contribution is -2.21. The molecular weight excluding hydrogens is 214 g/mol. The standard InChI is InChI=1S/C10H16ClN3O/c1-8(2)15-10-6-9(12-7-13-10)14(3)5-4-11/h6-8H,4-5H2,1-3H3. The fourth-order valence-corrected chi connectivity index (χ4v) is 1.34. The molecule has 0 bridgehead atoms. The van der Waals surface area contributed by atoms with Crippen molar-refractivity contribution in [3.63, 3.8) is 0 Å². The Morgan fingerprint density at radius 1 is 1.47 bits per heavy atom. The molecule has 1 heterocycles. The fourth-order valence-electron chi connectivity index (χ4n) is 1.09. The van der Waals surface area contributed by atoms with Crippen LogP contribution in [0.3, 0.4) is 0 Å². The van der Waals surface area contributed by atoms with Gasteiger partial charge in [0.05, 0.1) is 6.10 Å². The number of aromatic nitrogens is 2. The van der Waals surface area contributed by atoms with Crippen LogP contribution in [0.2, 0.25) is 0 Å². The Balaban J connectivity index is 2.73. The molecule has 5 heteroatoms. The third-order valence-corrected chi connectivity index (χ3v) is 1.96. The van der Waals surface area contributed by atoms with Gasteiger partial charge in [0.15, 0.2) is 0 Å². The second-order valence-electron chi connectivity index (χ2n) is 3.49. The summed E-state index contributed by atoms with van der Waals surface area (Å²) < 4.78 is 5.47. The summed E-state index contributed by atoms with van der Waals surface area (Å²) in [5.74, 6) is 1.98. The van der Waals surface area contributed by atoms with Gasteiger partial charge in [-0.3, -0.25) is 0 Å². The molecule has 1 aromatic heterocycles. The lowest BCUT2D eigenvalue weighted by molar-refractivity contribution is 0.232. The molecule has 0 atom stereocenters. The summed E-state index contributed by atoms with van der Waals surface area (Å²) in [6, 6.07) is 1.81. The minimum Gasteiger partial charge on any atom is -0.475 e. The molecule has 0 saturated heterocycles. The summed E-state index contributed by atoms with van der Waals surface area (Å²) in [6.07, 6.45) is 1.61. The van der Waals surface area contributed by atoms with Crippen LogP contribution in [0.1, 0.15) is 13.8 Å². The summed E-state index contributed by atoms with van der Waals surface area (Å²) in [5, 5.41) is 0. The smallest absolute Gasteiger partial charge is 0.218 e. The number of alkyl halides is 1. The minimum absolute atomic E-state index is 0.117. The van der Waals surface area contributed by atoms with E-state index in [0.717, 1.165) is 12.4 Å². The van der Waals surface area contributed by atoms with Crippen LogP contribution in [0.25, 0.3) is 0 Å². The van der Waals surface area contributed by atoms with Crippen LogP contribution in [-0.2, 0) is 0 Å². The molecule has 1 aromatic rings. The molecule has 0 aliphatic rings. The van der Waals surface area contributed by atoms with E-state index in [2.05, 4.69) is 9.97 Å². The second kappa shape index (κ2) is 5.75. The molecule has 0 spiro atoms. The summed E-state index contributed by atoms with van der Waals surface area (Å²) in [4.78, 5) is 10.1. The quantitative estimate of drug-likeness (QED) is 0.724. The SMILES string of the molecule is CC(C)Oc1cc(N(C)CCCl)ncn1. The van der Waals surface area contributed by atoms with E-state index >= 15 is 0 Å². The van der Waals surface area contributed by atoms with Crippen LogP contribution >= 0.6 is 11.6 Å². The van der Waals surface area contributed by atoms with Gasteiger partial charge in [-0.15, -0.1) is 11.6 Å². The molecular formula is C10H16ClN3O. The number of anilines is 1. The zero-order valence-electron chi connectivity index (χ0n) is 9.27. The maximum absolute atomic E-state index is 5.65. The van der Waals surface area contributed by atoms with E-state index in [1.54, 1.807) is 0 Å². The van der Waals surface area contributed by atoms with Gasteiger partial charge >= 0.3 is 0 Å². The monoisotopic (exact) mass is 229 g/mol. The number of halogens is 1. The molecule has 84 valence electrons. The Morgan fingerprint density at radius 2 is 2.20 bits per heavy atom. The van der Waals surface area contributed by atoms with Crippen molar-refractivity contribution in [3.05, 3.63) is 12.4 Å². The predicted octanol–water partition coefficient (Wildman–Crippen LogP) is 1.94. The van der Waals surface area contributed by atoms with Crippen molar-refractivity contribution in [2.24, 2.45) is 0 Å². The third kappa shape index (κ3) is 3.91. The first-order valence-electron chi connectivity index (χ1n) is 4.89. The van der Waals surface area contributed by atoms with Gasteiger partial charge in [0.25, 0.3) is 0 Å². The molecule has 0 unspecified atom stereocenters. The van der Waals surface area contributed by atoms with Crippen molar-refractivity contribution in [1.29, 1.82) is 0 Å². The minimum atomic E-state index is 0.117. The average Bonchev–Trinajstić information content (AvgIpc) is 2.17. The highest BCUT2D eigenvalue weighted by Crippen LogP contribution is 2.15. The van der Waals surface area contributed by atoms with Crippen molar-refractivity contribution < 1.29 is 4.74 Å². The molecule has 15 heavy (non-hydrogen) atoms. The number of nitrogens with zero attached hydrogens (tertiary/aromatic N) is 3. The molecule has 0 aliphatic heterocycles. The summed E-state index contributed by atoms with van der Waals surface area (Å²) in [5.41, 5.74) is 0. The first kappa shape index (κ1) is 12.0. The molecule has 0 N–H and O–H groups in total. The Kier molecular flexibility index (Phi) is 4.62. The van der Waals surface area contributed by atoms with Crippen LogP contribution in [0.5, 0.6) is 5.88 Å². The Hall–Kier alpha value is -1.03. The van der Waals surface area contributed by atoms with Crippen molar-refractivity contribution in [2.45, 2.75) is 20.0 Å². The molecule has 4 nitrogen and oxygen atoms in total. The van der Waals surface area contributed by atoms with Crippen LogP contribution in [0, 0.1) is 0 Å². The van der Waals surface area contributed by atoms with Crippen LogP contribution < -0.4 is 9.64 Å². The van der Waals surface area contributed by atoms with Gasteiger partial charge in [0.1, 0.15) is 12.1 Å². The topological polar surface area (TPSA) is 38.2 Å². The zero-order valence-corrected chi connectivity index (χ0v) is 10.0. The zero-order chi connectivity index (χ0) is 11.3. The lowest BCUT2D eigenvalue weighted by atomic mass is 10.4. The highest BCUT2D eigenvalue weighted by Gasteiger charge is 2.05. The number of hydrogen-bond acceptors (Lipinski definition) is 4. The van der Waals surface area contributed by atoms with Gasteiger partial charge in [-0.25, -0.2) is 9.97 Å². The molecule has 0 aliphatic carbocycles. The van der Waals surface area contributed by atoms with Crippen molar-refractivity contribution in [3.8, 4) is 5.88 Å². The molecule has 0 amide bonds. The molecule has 1 rings (SSSR count). The molecule has 0 saturated carbocycles. The van der Waals surface area contributed by atoms with Crippen molar-refractivity contribution in [2.75, 3.05) is 24.4 Å². The van der Waals surface area contributed by atoms with E-state index in [9.17, 15) is 0 Å². The predicted molar refractivity (Wildman–Crippen MR) is 61.8 cm³/mol. The van der Waals surface area contributed by atoms with Crippen molar-refractivity contribution in [1.82, 2.24) is 9.97 Å². The van der Waals surface area contributed by atoms with E-state index in [-0.39, 0.29) is 6.10 Å². The van der Waals surface area contributed by atoms with E-state index in [1.165, 1.54) is 6.33 Å². The summed E-state index contributed by atoms with van der Waals surface area (Å²) in [6.45, 7) is 4.67. The van der Waals surface area contributed by atoms with Gasteiger partial charge in [0, 0.05) is 25.5 Å². The fraction of sp³-hybridized carbons (Fsp3) is 0.600. The lowest BCUT2D eigenvalue weighted by Gasteiger charge is -2.17. The molecule has 0 radical (unpaired) electrons. The second-order valence-corrected chi connectivity index (χ2v) is 3.87. The molecule has 0 aromatic carbocycles. The maximum atomic E-state index is 5.65. The first-order valence-corrected chi connectivity index (χ1v) is 5.42. The first-order chi connectivity index (χ1) is 7.13. The van der Waals surface area contributed by atoms with Crippen LogP contribution in [0.4, 0.5) is 5.82 Å². The Bertz CT molecular complexity index is 306. The number of rotatable bonds is 5. The van der Waals surface area contributed by atoms with Crippen LogP contribution in [0.15, 0.2) is 12.4 Å². The van der Waals surface area contributed by atoms with E-state index in [4.69, 9.17) is 16.3 Å². The van der Waals surface area contributed by atoms with Gasteiger partial charge < -0.3 is 9.64 Å². The number of hydrogen-bond donors (Lipinski definition) is 0. The Morgan fingerprint density at radius 3 is 2.80 bits per heavy atom. The van der Waals surface area contributed by atoms with Crippen molar-refractivity contribution >= 4 is 17.4 Å². The van der Waals surface area contributed by atoms with Gasteiger partial charge in [-0.05, 0) is 13.8 Å². The van der Waals surface area contributed by atoms with Crippen LogP contribution in [-0.4, -0.2) is 35.5 Å². The third-order valence-electron chi connectivity index (χ3n) is 1.80. The maximum Gasteiger partial charge on any atom is 0.218 e. The summed E-state index contributed by atoms with van der Waals surface area (Å²) in [7, 11) is 1.93. The van der Waals surface area contributed by atoms with Gasteiger partial charge in [-0.2, -0.15) is 0 Å². The van der Waals surface area contributed by atoms with E-state index in [1.807, 2.05) is 31.9 Å². The summed E-state index contributed by atoms with van der Waals surface area (Å²) >= 11 is 5.65. The van der Waals surface area contributed by atoms with Gasteiger partial charge in [-0.1, -0.05) is 0 Å². The normalized spacial score (nSPS) is 10.5. The highest BCUT2D eigenvalue weighted by molar-refractivity contribution is 6.18. The Labute approximate surface area is 95.2 Å². The number of ether oxygens (including phenoxy) is 1.